The van der Waals surface area contributed by atoms with Gasteiger partial charge >= 0.3 is 0 Å². The molecule has 1 N–H and O–H groups in total. The molecule has 20 heavy (non-hydrogen) atoms. The molecule has 1 atom stereocenters. The Hall–Kier alpha value is -1.60. The molecule has 1 heterocycles. The molecule has 1 aromatic carbocycles. The van der Waals surface area contributed by atoms with Gasteiger partial charge in [0.25, 0.3) is 5.91 Å². The van der Waals surface area contributed by atoms with Gasteiger partial charge in [-0.2, -0.15) is 0 Å². The summed E-state index contributed by atoms with van der Waals surface area (Å²) in [6.45, 7) is 1.43. The van der Waals surface area contributed by atoms with Gasteiger partial charge < -0.3 is 15.0 Å². The summed E-state index contributed by atoms with van der Waals surface area (Å²) in [6.07, 6.45) is -0.203. The number of carbonyl (C=O) groups excluding carboxylic acids is 1. The number of hydrogen-bond donors (Lipinski definition) is 1. The molecular formula is C13H15F3N2O2. The predicted molar refractivity (Wildman–Crippen MR) is 65.9 cm³/mol. The van der Waals surface area contributed by atoms with Crippen molar-refractivity contribution in [3.8, 4) is 0 Å². The van der Waals surface area contributed by atoms with E-state index in [1.807, 2.05) is 0 Å². The molecule has 1 fully saturated rings. The third kappa shape index (κ3) is 2.94. The molecule has 4 nitrogen and oxygen atoms in total. The molecule has 2 rings (SSSR count). The maximum absolute atomic E-state index is 13.6. The van der Waals surface area contributed by atoms with Gasteiger partial charge in [-0.25, -0.2) is 13.2 Å². The molecule has 110 valence electrons. The van der Waals surface area contributed by atoms with Crippen molar-refractivity contribution in [1.82, 2.24) is 10.2 Å². The zero-order valence-electron chi connectivity index (χ0n) is 11.0. The number of likely N-dealkylation sites (N-methyl/N-ethyl adjacent to an activating group) is 1. The van der Waals surface area contributed by atoms with Gasteiger partial charge in [0.15, 0.2) is 17.5 Å². The van der Waals surface area contributed by atoms with Crippen LogP contribution in [0.1, 0.15) is 10.4 Å². The van der Waals surface area contributed by atoms with E-state index in [-0.39, 0.29) is 19.2 Å². The number of hydrogen-bond acceptors (Lipinski definition) is 3. The van der Waals surface area contributed by atoms with Gasteiger partial charge in [0.1, 0.15) is 0 Å². The molecule has 1 aromatic rings. The highest BCUT2D eigenvalue weighted by Gasteiger charge is 2.27. The average Bonchev–Trinajstić information content (AvgIpc) is 2.45. The Bertz CT molecular complexity index is 509. The van der Waals surface area contributed by atoms with Gasteiger partial charge in [-0.05, 0) is 19.2 Å². The van der Waals surface area contributed by atoms with Crippen LogP contribution in [0, 0.1) is 17.5 Å². The minimum atomic E-state index is -1.63. The van der Waals surface area contributed by atoms with Crippen molar-refractivity contribution < 1.29 is 22.7 Å². The van der Waals surface area contributed by atoms with Crippen LogP contribution in [-0.2, 0) is 4.74 Å². The lowest BCUT2D eigenvalue weighted by Gasteiger charge is -2.33. The summed E-state index contributed by atoms with van der Waals surface area (Å²) in [5, 5.41) is 2.92. The number of ether oxygens (including phenoxy) is 1. The number of amides is 1. The summed E-state index contributed by atoms with van der Waals surface area (Å²) >= 11 is 0. The normalized spacial score (nSPS) is 19.2. The number of rotatable bonds is 3. The van der Waals surface area contributed by atoms with E-state index < -0.39 is 28.9 Å². The van der Waals surface area contributed by atoms with Crippen LogP contribution in [0.2, 0.25) is 0 Å². The van der Waals surface area contributed by atoms with E-state index in [0.29, 0.717) is 13.2 Å². The highest BCUT2D eigenvalue weighted by molar-refractivity contribution is 5.94. The SMILES string of the molecule is CNCC1CN(C(=O)c2ccc(F)c(F)c2F)CCO1. The Balaban J connectivity index is 2.17. The lowest BCUT2D eigenvalue weighted by Crippen LogP contribution is -2.48. The van der Waals surface area contributed by atoms with Crippen molar-refractivity contribution in [1.29, 1.82) is 0 Å². The lowest BCUT2D eigenvalue weighted by molar-refractivity contribution is -0.0198. The molecule has 0 bridgehead atoms. The smallest absolute Gasteiger partial charge is 0.257 e. The van der Waals surface area contributed by atoms with Gasteiger partial charge in [-0.15, -0.1) is 0 Å². The number of carbonyl (C=O) groups is 1. The molecule has 1 amide bonds. The molecule has 0 aliphatic carbocycles. The van der Waals surface area contributed by atoms with Crippen LogP contribution in [0.3, 0.4) is 0 Å². The molecule has 1 aliphatic heterocycles. The van der Waals surface area contributed by atoms with E-state index in [2.05, 4.69) is 5.32 Å². The van der Waals surface area contributed by atoms with Crippen molar-refractivity contribution in [2.75, 3.05) is 33.3 Å². The van der Waals surface area contributed by atoms with Crippen molar-refractivity contribution in [3.63, 3.8) is 0 Å². The lowest BCUT2D eigenvalue weighted by atomic mass is 10.1. The number of halogens is 3. The van der Waals surface area contributed by atoms with Gasteiger partial charge in [0.2, 0.25) is 0 Å². The quantitative estimate of drug-likeness (QED) is 0.849. The third-order valence-electron chi connectivity index (χ3n) is 3.12. The summed E-state index contributed by atoms with van der Waals surface area (Å²) < 4.78 is 45.1. The number of nitrogens with zero attached hydrogens (tertiary/aromatic N) is 1. The Labute approximate surface area is 114 Å². The fraction of sp³-hybridized carbons (Fsp3) is 0.462. The van der Waals surface area contributed by atoms with Gasteiger partial charge in [0.05, 0.1) is 18.3 Å². The minimum Gasteiger partial charge on any atom is -0.373 e. The first kappa shape index (κ1) is 14.8. The molecule has 0 aromatic heterocycles. The Morgan fingerprint density at radius 2 is 2.15 bits per heavy atom. The summed E-state index contributed by atoms with van der Waals surface area (Å²) in [4.78, 5) is 13.5. The molecular weight excluding hydrogens is 273 g/mol. The highest BCUT2D eigenvalue weighted by atomic mass is 19.2. The second kappa shape index (κ2) is 6.23. The van der Waals surface area contributed by atoms with E-state index in [0.717, 1.165) is 12.1 Å². The van der Waals surface area contributed by atoms with Crippen LogP contribution in [0.5, 0.6) is 0 Å². The molecule has 7 heteroatoms. The monoisotopic (exact) mass is 288 g/mol. The first-order valence-corrected chi connectivity index (χ1v) is 6.23. The topological polar surface area (TPSA) is 41.6 Å². The zero-order chi connectivity index (χ0) is 14.7. The van der Waals surface area contributed by atoms with Crippen molar-refractivity contribution in [2.24, 2.45) is 0 Å². The van der Waals surface area contributed by atoms with Crippen molar-refractivity contribution in [3.05, 3.63) is 35.1 Å². The van der Waals surface area contributed by atoms with Gasteiger partial charge in [-0.3, -0.25) is 4.79 Å². The first-order chi connectivity index (χ1) is 9.54. The Morgan fingerprint density at radius 1 is 1.40 bits per heavy atom. The summed E-state index contributed by atoms with van der Waals surface area (Å²) in [5.74, 6) is -5.05. The maximum Gasteiger partial charge on any atom is 0.257 e. The maximum atomic E-state index is 13.6. The summed E-state index contributed by atoms with van der Waals surface area (Å²) in [6, 6.07) is 1.70. The Kier molecular flexibility index (Phi) is 4.61. The van der Waals surface area contributed by atoms with Gasteiger partial charge in [-0.1, -0.05) is 0 Å². The van der Waals surface area contributed by atoms with Crippen molar-refractivity contribution in [2.45, 2.75) is 6.10 Å². The van der Waals surface area contributed by atoms with E-state index in [1.165, 1.54) is 4.90 Å². The minimum absolute atomic E-state index is 0.203. The van der Waals surface area contributed by atoms with Crippen molar-refractivity contribution >= 4 is 5.91 Å². The second-order valence-corrected chi connectivity index (χ2v) is 4.52. The molecule has 0 spiro atoms. The van der Waals surface area contributed by atoms with Crippen LogP contribution < -0.4 is 5.32 Å². The molecule has 0 saturated carbocycles. The fourth-order valence-electron chi connectivity index (χ4n) is 2.12. The zero-order valence-corrected chi connectivity index (χ0v) is 11.0. The number of nitrogens with one attached hydrogen (secondary N) is 1. The van der Waals surface area contributed by atoms with Crippen LogP contribution in [0.25, 0.3) is 0 Å². The van der Waals surface area contributed by atoms with Crippen LogP contribution in [-0.4, -0.2) is 50.2 Å². The summed E-state index contributed by atoms with van der Waals surface area (Å²) in [7, 11) is 1.75. The van der Waals surface area contributed by atoms with E-state index >= 15 is 0 Å². The van der Waals surface area contributed by atoms with Gasteiger partial charge in [0, 0.05) is 19.6 Å². The molecule has 1 unspecified atom stereocenters. The summed E-state index contributed by atoms with van der Waals surface area (Å²) in [5.41, 5.74) is -0.464. The van der Waals surface area contributed by atoms with E-state index in [4.69, 9.17) is 4.74 Å². The molecule has 0 radical (unpaired) electrons. The Morgan fingerprint density at radius 3 is 2.85 bits per heavy atom. The largest absolute Gasteiger partial charge is 0.373 e. The molecule has 1 aliphatic rings. The fourth-order valence-corrected chi connectivity index (χ4v) is 2.12. The van der Waals surface area contributed by atoms with Crippen LogP contribution in [0.15, 0.2) is 12.1 Å². The average molecular weight is 288 g/mol. The number of benzene rings is 1. The number of morpholine rings is 1. The second-order valence-electron chi connectivity index (χ2n) is 4.52. The van der Waals surface area contributed by atoms with Crippen LogP contribution in [0.4, 0.5) is 13.2 Å². The van der Waals surface area contributed by atoms with Crippen LogP contribution >= 0.6 is 0 Å². The first-order valence-electron chi connectivity index (χ1n) is 6.23. The predicted octanol–water partition coefficient (Wildman–Crippen LogP) is 1.16. The highest BCUT2D eigenvalue weighted by Crippen LogP contribution is 2.18. The standard InChI is InChI=1S/C13H15F3N2O2/c1-17-6-8-7-18(4-5-20-8)13(19)9-2-3-10(14)12(16)11(9)15/h2-3,8,17H,4-7H2,1H3. The van der Waals surface area contributed by atoms with E-state index in [9.17, 15) is 18.0 Å². The third-order valence-corrected chi connectivity index (χ3v) is 3.12. The van der Waals surface area contributed by atoms with E-state index in [1.54, 1.807) is 7.05 Å². The molecule has 1 saturated heterocycles.